The summed E-state index contributed by atoms with van der Waals surface area (Å²) in [5.41, 5.74) is 0. The molecule has 1 unspecified atom stereocenters. The van der Waals surface area contributed by atoms with E-state index in [1.54, 1.807) is 0 Å². The Hall–Kier alpha value is -0.340. The normalized spacial score (nSPS) is 25.7. The van der Waals surface area contributed by atoms with Crippen LogP contribution in [0.4, 0.5) is 0 Å². The molecule has 0 amide bonds. The minimum Gasteiger partial charge on any atom is -0.380 e. The zero-order valence-electron chi connectivity index (χ0n) is 9.58. The van der Waals surface area contributed by atoms with Crippen molar-refractivity contribution in [3.63, 3.8) is 0 Å². The molecule has 0 radical (unpaired) electrons. The highest BCUT2D eigenvalue weighted by molar-refractivity contribution is 4.90. The van der Waals surface area contributed by atoms with Crippen LogP contribution in [0.3, 0.4) is 0 Å². The van der Waals surface area contributed by atoms with E-state index in [9.17, 15) is 0 Å². The molecule has 0 aromatic rings. The van der Waals surface area contributed by atoms with Crippen molar-refractivity contribution in [3.05, 3.63) is 12.2 Å². The van der Waals surface area contributed by atoms with Gasteiger partial charge >= 0.3 is 0 Å². The molecule has 0 aliphatic heterocycles. The Morgan fingerprint density at radius 1 is 1.13 bits per heavy atom. The second-order valence-corrected chi connectivity index (χ2v) is 4.87. The first kappa shape index (κ1) is 11.2. The molecule has 2 rings (SSSR count). The molecule has 15 heavy (non-hydrogen) atoms. The van der Waals surface area contributed by atoms with Crippen LogP contribution in [-0.2, 0) is 4.74 Å². The summed E-state index contributed by atoms with van der Waals surface area (Å²) in [6.07, 6.45) is 11.3. The molecule has 0 saturated heterocycles. The fraction of sp³-hybridized carbons (Fsp3) is 0.846. The third-order valence-electron chi connectivity index (χ3n) is 3.28. The Morgan fingerprint density at radius 3 is 2.80 bits per heavy atom. The second-order valence-electron chi connectivity index (χ2n) is 4.87. The predicted octanol–water partition coefficient (Wildman–Crippen LogP) is 2.36. The molecule has 2 aliphatic carbocycles. The van der Waals surface area contributed by atoms with E-state index >= 15 is 0 Å². The zero-order valence-corrected chi connectivity index (χ0v) is 9.58. The van der Waals surface area contributed by atoms with Gasteiger partial charge in [-0.25, -0.2) is 0 Å². The lowest BCUT2D eigenvalue weighted by atomic mass is 9.94. The highest BCUT2D eigenvalue weighted by atomic mass is 16.5. The first-order valence-electron chi connectivity index (χ1n) is 6.38. The van der Waals surface area contributed by atoms with Crippen molar-refractivity contribution < 1.29 is 4.74 Å². The van der Waals surface area contributed by atoms with Gasteiger partial charge < -0.3 is 10.1 Å². The first-order chi connectivity index (χ1) is 7.45. The Balaban J connectivity index is 1.39. The summed E-state index contributed by atoms with van der Waals surface area (Å²) in [7, 11) is 0. The summed E-state index contributed by atoms with van der Waals surface area (Å²) in [6.45, 7) is 4.07. The van der Waals surface area contributed by atoms with Gasteiger partial charge in [0.15, 0.2) is 0 Å². The van der Waals surface area contributed by atoms with Gasteiger partial charge in [0.1, 0.15) is 0 Å². The van der Waals surface area contributed by atoms with E-state index in [1.165, 1.54) is 32.1 Å². The van der Waals surface area contributed by atoms with E-state index in [4.69, 9.17) is 4.74 Å². The van der Waals surface area contributed by atoms with Crippen molar-refractivity contribution >= 4 is 0 Å². The average Bonchev–Trinajstić information content (AvgIpc) is 3.09. The Morgan fingerprint density at radius 2 is 2.07 bits per heavy atom. The lowest BCUT2D eigenvalue weighted by Gasteiger charge is -2.18. The zero-order chi connectivity index (χ0) is 10.3. The summed E-state index contributed by atoms with van der Waals surface area (Å²) >= 11 is 0. The van der Waals surface area contributed by atoms with Crippen LogP contribution in [0.1, 0.15) is 32.1 Å². The smallest absolute Gasteiger partial charge is 0.0591 e. The molecule has 1 N–H and O–H groups in total. The fourth-order valence-electron chi connectivity index (χ4n) is 2.03. The number of hydrogen-bond acceptors (Lipinski definition) is 2. The highest BCUT2D eigenvalue weighted by Crippen LogP contribution is 2.28. The summed E-state index contributed by atoms with van der Waals surface area (Å²) < 4.78 is 5.57. The van der Waals surface area contributed by atoms with E-state index in [1.807, 2.05) is 0 Å². The van der Waals surface area contributed by atoms with Crippen LogP contribution in [0.15, 0.2) is 12.2 Å². The molecule has 2 aliphatic rings. The lowest BCUT2D eigenvalue weighted by Crippen LogP contribution is -2.27. The van der Waals surface area contributed by atoms with Crippen molar-refractivity contribution in [1.82, 2.24) is 5.32 Å². The van der Waals surface area contributed by atoms with Crippen LogP contribution >= 0.6 is 0 Å². The topological polar surface area (TPSA) is 21.3 Å². The number of hydrogen-bond donors (Lipinski definition) is 1. The second kappa shape index (κ2) is 6.29. The molecule has 2 nitrogen and oxygen atoms in total. The SMILES string of the molecule is C1=CCC(CNCCOCC2CC2)CC1. The number of allylic oxidation sites excluding steroid dienone is 2. The van der Waals surface area contributed by atoms with Crippen LogP contribution in [0.2, 0.25) is 0 Å². The average molecular weight is 209 g/mol. The molecule has 2 heteroatoms. The van der Waals surface area contributed by atoms with Crippen LogP contribution in [0.5, 0.6) is 0 Å². The van der Waals surface area contributed by atoms with Gasteiger partial charge in [-0.3, -0.25) is 0 Å². The minimum atomic E-state index is 0.860. The van der Waals surface area contributed by atoms with Crippen LogP contribution in [-0.4, -0.2) is 26.3 Å². The van der Waals surface area contributed by atoms with Gasteiger partial charge in [-0.1, -0.05) is 12.2 Å². The summed E-state index contributed by atoms with van der Waals surface area (Å²) in [5.74, 6) is 1.76. The quantitative estimate of drug-likeness (QED) is 0.513. The summed E-state index contributed by atoms with van der Waals surface area (Å²) in [4.78, 5) is 0. The number of nitrogens with one attached hydrogen (secondary N) is 1. The molecule has 0 spiro atoms. The van der Waals surface area contributed by atoms with Gasteiger partial charge in [0, 0.05) is 13.2 Å². The molecule has 0 heterocycles. The maximum Gasteiger partial charge on any atom is 0.0591 e. The van der Waals surface area contributed by atoms with Crippen molar-refractivity contribution in [3.8, 4) is 0 Å². The van der Waals surface area contributed by atoms with Gasteiger partial charge in [-0.2, -0.15) is 0 Å². The Kier molecular flexibility index (Phi) is 4.68. The molecule has 0 aromatic heterocycles. The monoisotopic (exact) mass is 209 g/mol. The molecule has 86 valence electrons. The summed E-state index contributed by atoms with van der Waals surface area (Å²) in [6, 6.07) is 0. The van der Waals surface area contributed by atoms with Gasteiger partial charge in [0.05, 0.1) is 6.61 Å². The van der Waals surface area contributed by atoms with Crippen LogP contribution in [0, 0.1) is 11.8 Å². The largest absolute Gasteiger partial charge is 0.380 e. The fourth-order valence-corrected chi connectivity index (χ4v) is 2.03. The van der Waals surface area contributed by atoms with Crippen molar-refractivity contribution in [1.29, 1.82) is 0 Å². The van der Waals surface area contributed by atoms with Crippen molar-refractivity contribution in [2.45, 2.75) is 32.1 Å². The van der Waals surface area contributed by atoms with E-state index in [0.29, 0.717) is 0 Å². The molecule has 0 bridgehead atoms. The first-order valence-corrected chi connectivity index (χ1v) is 6.38. The number of rotatable bonds is 7. The maximum absolute atomic E-state index is 5.57. The van der Waals surface area contributed by atoms with Gasteiger partial charge in [0.2, 0.25) is 0 Å². The van der Waals surface area contributed by atoms with E-state index in [2.05, 4.69) is 17.5 Å². The lowest BCUT2D eigenvalue weighted by molar-refractivity contribution is 0.125. The Bertz CT molecular complexity index is 199. The highest BCUT2D eigenvalue weighted by Gasteiger charge is 2.20. The minimum absolute atomic E-state index is 0.860. The standard InChI is InChI=1S/C13H23NO/c1-2-4-12(5-3-1)10-14-8-9-15-11-13-6-7-13/h1-2,12-14H,3-11H2. The molecule has 1 saturated carbocycles. The maximum atomic E-state index is 5.57. The molecule has 1 fully saturated rings. The summed E-state index contributed by atoms with van der Waals surface area (Å²) in [5, 5.41) is 3.49. The van der Waals surface area contributed by atoms with Gasteiger partial charge in [-0.05, 0) is 50.5 Å². The molecule has 0 aromatic carbocycles. The van der Waals surface area contributed by atoms with Gasteiger partial charge in [0.25, 0.3) is 0 Å². The molecule has 1 atom stereocenters. The van der Waals surface area contributed by atoms with E-state index < -0.39 is 0 Å². The predicted molar refractivity (Wildman–Crippen MR) is 62.9 cm³/mol. The van der Waals surface area contributed by atoms with Crippen molar-refractivity contribution in [2.75, 3.05) is 26.3 Å². The van der Waals surface area contributed by atoms with Crippen molar-refractivity contribution in [2.24, 2.45) is 11.8 Å². The molecular formula is C13H23NO. The van der Waals surface area contributed by atoms with Gasteiger partial charge in [-0.15, -0.1) is 0 Å². The van der Waals surface area contributed by atoms with Crippen LogP contribution in [0.25, 0.3) is 0 Å². The van der Waals surface area contributed by atoms with Crippen LogP contribution < -0.4 is 5.32 Å². The third-order valence-corrected chi connectivity index (χ3v) is 3.28. The molecular weight excluding hydrogens is 186 g/mol. The van der Waals surface area contributed by atoms with E-state index in [-0.39, 0.29) is 0 Å². The third kappa shape index (κ3) is 4.80. The number of ether oxygens (including phenoxy) is 1. The van der Waals surface area contributed by atoms with E-state index in [0.717, 1.165) is 38.1 Å². The Labute approximate surface area is 93.1 Å².